The van der Waals surface area contributed by atoms with Crippen LogP contribution in [0.3, 0.4) is 0 Å². The minimum Gasteiger partial charge on any atom is -0.352 e. The topological polar surface area (TPSA) is 82.0 Å². The zero-order valence-electron chi connectivity index (χ0n) is 11.5. The second kappa shape index (κ2) is 7.74. The lowest BCUT2D eigenvalue weighted by molar-refractivity contribution is -0.124. The van der Waals surface area contributed by atoms with Crippen LogP contribution in [0.25, 0.3) is 6.08 Å². The van der Waals surface area contributed by atoms with E-state index >= 15 is 0 Å². The van der Waals surface area contributed by atoms with E-state index in [1.807, 2.05) is 19.9 Å². The van der Waals surface area contributed by atoms with Gasteiger partial charge in [-0.15, -0.1) is 0 Å². The summed E-state index contributed by atoms with van der Waals surface area (Å²) in [5.41, 5.74) is 1.38. The number of nitrogens with zero attached hydrogens (tertiary/aromatic N) is 1. The molecule has 0 atom stereocenters. The summed E-state index contributed by atoms with van der Waals surface area (Å²) in [6.07, 6.45) is 2.97. The number of nitriles is 1. The molecule has 0 aliphatic heterocycles. The molecular formula is C15H17N3O2. The van der Waals surface area contributed by atoms with Crippen LogP contribution in [-0.2, 0) is 9.59 Å². The molecule has 5 heteroatoms. The van der Waals surface area contributed by atoms with Gasteiger partial charge in [-0.3, -0.25) is 9.59 Å². The van der Waals surface area contributed by atoms with E-state index in [-0.39, 0.29) is 24.4 Å². The van der Waals surface area contributed by atoms with E-state index in [0.717, 1.165) is 5.56 Å². The molecule has 0 bridgehead atoms. The van der Waals surface area contributed by atoms with E-state index in [9.17, 15) is 9.59 Å². The van der Waals surface area contributed by atoms with Gasteiger partial charge in [-0.2, -0.15) is 5.26 Å². The van der Waals surface area contributed by atoms with Gasteiger partial charge in [0, 0.05) is 12.1 Å². The lowest BCUT2D eigenvalue weighted by Gasteiger charge is -2.07. The van der Waals surface area contributed by atoms with E-state index < -0.39 is 0 Å². The summed E-state index contributed by atoms with van der Waals surface area (Å²) >= 11 is 0. The van der Waals surface area contributed by atoms with Crippen molar-refractivity contribution in [2.75, 3.05) is 6.54 Å². The Hall–Kier alpha value is -2.61. The third-order valence-electron chi connectivity index (χ3n) is 2.34. The number of rotatable bonds is 5. The lowest BCUT2D eigenvalue weighted by Crippen LogP contribution is -2.39. The van der Waals surface area contributed by atoms with Crippen molar-refractivity contribution in [3.05, 3.63) is 41.5 Å². The monoisotopic (exact) mass is 271 g/mol. The fourth-order valence-electron chi connectivity index (χ4n) is 1.44. The van der Waals surface area contributed by atoms with Gasteiger partial charge in [0.05, 0.1) is 18.2 Å². The van der Waals surface area contributed by atoms with Crippen LogP contribution in [0.5, 0.6) is 0 Å². The third kappa shape index (κ3) is 5.83. The largest absolute Gasteiger partial charge is 0.352 e. The zero-order chi connectivity index (χ0) is 15.0. The van der Waals surface area contributed by atoms with E-state index in [0.29, 0.717) is 5.56 Å². The fourth-order valence-corrected chi connectivity index (χ4v) is 1.44. The van der Waals surface area contributed by atoms with Crippen LogP contribution in [0.4, 0.5) is 0 Å². The van der Waals surface area contributed by atoms with Crippen LogP contribution < -0.4 is 10.6 Å². The van der Waals surface area contributed by atoms with Crippen molar-refractivity contribution >= 4 is 17.9 Å². The van der Waals surface area contributed by atoms with Gasteiger partial charge in [-0.05, 0) is 37.6 Å². The zero-order valence-corrected chi connectivity index (χ0v) is 11.5. The van der Waals surface area contributed by atoms with Crippen LogP contribution in [0.2, 0.25) is 0 Å². The smallest absolute Gasteiger partial charge is 0.244 e. The first-order chi connectivity index (χ1) is 9.51. The molecule has 0 fully saturated rings. The first kappa shape index (κ1) is 15.4. The molecule has 0 saturated heterocycles. The maximum absolute atomic E-state index is 11.5. The molecule has 0 saturated carbocycles. The van der Waals surface area contributed by atoms with Gasteiger partial charge < -0.3 is 10.6 Å². The van der Waals surface area contributed by atoms with Gasteiger partial charge in [-0.1, -0.05) is 12.1 Å². The van der Waals surface area contributed by atoms with Crippen molar-refractivity contribution in [2.24, 2.45) is 0 Å². The SMILES string of the molecule is CC(C)NC(=O)CNC(=O)/C=C/c1ccc(C#N)cc1. The summed E-state index contributed by atoms with van der Waals surface area (Å²) in [4.78, 5) is 22.8. The van der Waals surface area contributed by atoms with E-state index in [4.69, 9.17) is 5.26 Å². The van der Waals surface area contributed by atoms with E-state index in [1.54, 1.807) is 30.3 Å². The molecule has 0 unspecified atom stereocenters. The minimum absolute atomic E-state index is 0.0469. The van der Waals surface area contributed by atoms with Gasteiger partial charge in [0.2, 0.25) is 11.8 Å². The fraction of sp³-hybridized carbons (Fsp3) is 0.267. The Labute approximate surface area is 118 Å². The van der Waals surface area contributed by atoms with Crippen LogP contribution in [0, 0.1) is 11.3 Å². The molecule has 0 aliphatic rings. The van der Waals surface area contributed by atoms with E-state index in [2.05, 4.69) is 10.6 Å². The normalized spacial score (nSPS) is 10.3. The second-order valence-electron chi connectivity index (χ2n) is 4.51. The van der Waals surface area contributed by atoms with Crippen molar-refractivity contribution in [3.8, 4) is 6.07 Å². The summed E-state index contributed by atoms with van der Waals surface area (Å²) in [6, 6.07) is 8.91. The molecule has 2 N–H and O–H groups in total. The Bertz CT molecular complexity index is 539. The molecule has 1 rings (SSSR count). The number of amides is 2. The van der Waals surface area contributed by atoms with Gasteiger partial charge in [-0.25, -0.2) is 0 Å². The highest BCUT2D eigenvalue weighted by atomic mass is 16.2. The summed E-state index contributed by atoms with van der Waals surface area (Å²) in [5, 5.41) is 13.8. The van der Waals surface area contributed by atoms with Crippen molar-refractivity contribution < 1.29 is 9.59 Å². The van der Waals surface area contributed by atoms with Gasteiger partial charge >= 0.3 is 0 Å². The van der Waals surface area contributed by atoms with Gasteiger partial charge in [0.15, 0.2) is 0 Å². The minimum atomic E-state index is -0.340. The Kier molecular flexibility index (Phi) is 5.98. The van der Waals surface area contributed by atoms with Crippen LogP contribution in [0.15, 0.2) is 30.3 Å². The van der Waals surface area contributed by atoms with E-state index in [1.165, 1.54) is 6.08 Å². The molecule has 1 aromatic rings. The molecule has 1 aromatic carbocycles. The number of carbonyl (C=O) groups excluding carboxylic acids is 2. The van der Waals surface area contributed by atoms with Crippen molar-refractivity contribution in [1.29, 1.82) is 5.26 Å². The number of hydrogen-bond donors (Lipinski definition) is 2. The molecule has 20 heavy (non-hydrogen) atoms. The average Bonchev–Trinajstić information content (AvgIpc) is 2.42. The van der Waals surface area contributed by atoms with Gasteiger partial charge in [0.1, 0.15) is 0 Å². The molecule has 0 spiro atoms. The molecule has 2 amide bonds. The molecule has 0 aromatic heterocycles. The number of benzene rings is 1. The molecule has 0 aliphatic carbocycles. The Morgan fingerprint density at radius 1 is 1.30 bits per heavy atom. The highest BCUT2D eigenvalue weighted by Crippen LogP contribution is 2.04. The number of nitrogens with one attached hydrogen (secondary N) is 2. The van der Waals surface area contributed by atoms with Crippen molar-refractivity contribution in [3.63, 3.8) is 0 Å². The first-order valence-electron chi connectivity index (χ1n) is 6.26. The highest BCUT2D eigenvalue weighted by molar-refractivity contribution is 5.94. The standard InChI is InChI=1S/C15H17N3O2/c1-11(2)18-15(20)10-17-14(19)8-7-12-3-5-13(9-16)6-4-12/h3-8,11H,10H2,1-2H3,(H,17,19)(H,18,20)/b8-7+. The molecule has 104 valence electrons. The second-order valence-corrected chi connectivity index (χ2v) is 4.51. The summed E-state index contributed by atoms with van der Waals surface area (Å²) in [6.45, 7) is 3.66. The van der Waals surface area contributed by atoms with Gasteiger partial charge in [0.25, 0.3) is 0 Å². The van der Waals surface area contributed by atoms with Crippen LogP contribution >= 0.6 is 0 Å². The summed E-state index contributed by atoms with van der Waals surface area (Å²) < 4.78 is 0. The summed E-state index contributed by atoms with van der Waals surface area (Å²) in [5.74, 6) is -0.562. The maximum Gasteiger partial charge on any atom is 0.244 e. The lowest BCUT2D eigenvalue weighted by atomic mass is 10.1. The number of carbonyl (C=O) groups is 2. The molecule has 0 heterocycles. The summed E-state index contributed by atoms with van der Waals surface area (Å²) in [7, 11) is 0. The molecule has 0 radical (unpaired) electrons. The van der Waals surface area contributed by atoms with Crippen molar-refractivity contribution in [1.82, 2.24) is 10.6 Å². The van der Waals surface area contributed by atoms with Crippen molar-refractivity contribution in [2.45, 2.75) is 19.9 Å². The predicted octanol–water partition coefficient (Wildman–Crippen LogP) is 1.21. The molecule has 5 nitrogen and oxygen atoms in total. The Morgan fingerprint density at radius 3 is 2.50 bits per heavy atom. The number of hydrogen-bond acceptors (Lipinski definition) is 3. The quantitative estimate of drug-likeness (QED) is 0.790. The van der Waals surface area contributed by atoms with Crippen LogP contribution in [-0.4, -0.2) is 24.4 Å². The Balaban J connectivity index is 2.43. The third-order valence-corrected chi connectivity index (χ3v) is 2.34. The highest BCUT2D eigenvalue weighted by Gasteiger charge is 2.03. The Morgan fingerprint density at radius 2 is 1.95 bits per heavy atom. The maximum atomic E-state index is 11.5. The predicted molar refractivity (Wildman–Crippen MR) is 76.5 cm³/mol. The first-order valence-corrected chi connectivity index (χ1v) is 6.26. The average molecular weight is 271 g/mol. The molecular weight excluding hydrogens is 254 g/mol. The van der Waals surface area contributed by atoms with Crippen LogP contribution in [0.1, 0.15) is 25.0 Å².